The van der Waals surface area contributed by atoms with E-state index in [9.17, 15) is 14.4 Å². The number of esters is 2. The Balaban J connectivity index is 2.81. The molecular weight excluding hydrogens is 336 g/mol. The quantitative estimate of drug-likeness (QED) is 0.619. The summed E-state index contributed by atoms with van der Waals surface area (Å²) in [6, 6.07) is 4.36. The molecule has 0 aliphatic carbocycles. The summed E-state index contributed by atoms with van der Waals surface area (Å²) in [5, 5.41) is 5.86. The highest BCUT2D eigenvalue weighted by Crippen LogP contribution is 2.16. The smallest absolute Gasteiger partial charge is 0.328 e. The average Bonchev–Trinajstić information content (AvgIpc) is 2.60. The van der Waals surface area contributed by atoms with Crippen molar-refractivity contribution in [1.29, 1.82) is 0 Å². The zero-order valence-electron chi connectivity index (χ0n) is 15.9. The molecule has 1 aromatic carbocycles. The molecular formula is C19H28N2O5. The molecule has 0 radical (unpaired) electrons. The summed E-state index contributed by atoms with van der Waals surface area (Å²) in [7, 11) is 0. The second-order valence-corrected chi connectivity index (χ2v) is 5.68. The van der Waals surface area contributed by atoms with E-state index in [2.05, 4.69) is 10.6 Å². The molecule has 1 aromatic rings. The number of carbonyl (C=O) groups is 3. The van der Waals surface area contributed by atoms with E-state index in [4.69, 9.17) is 9.47 Å². The summed E-state index contributed by atoms with van der Waals surface area (Å²) in [5.74, 6) is -1.37. The molecule has 144 valence electrons. The van der Waals surface area contributed by atoms with Crippen LogP contribution >= 0.6 is 0 Å². The summed E-state index contributed by atoms with van der Waals surface area (Å²) >= 11 is 0. The number of rotatable bonds is 10. The molecule has 7 heteroatoms. The predicted molar refractivity (Wildman–Crippen MR) is 99.1 cm³/mol. The topological polar surface area (TPSA) is 93.7 Å². The number of aryl methyl sites for hydroxylation is 1. The number of hydrogen-bond donors (Lipinski definition) is 2. The van der Waals surface area contributed by atoms with Crippen LogP contribution in [-0.4, -0.2) is 43.6 Å². The number of ether oxygens (including phenoxy) is 2. The van der Waals surface area contributed by atoms with Gasteiger partial charge >= 0.3 is 11.9 Å². The maximum Gasteiger partial charge on any atom is 0.328 e. The predicted octanol–water partition coefficient (Wildman–Crippen LogP) is 2.43. The Bertz CT molecular complexity index is 630. The molecule has 0 spiro atoms. The highest BCUT2D eigenvalue weighted by molar-refractivity contribution is 5.97. The van der Waals surface area contributed by atoms with E-state index in [1.54, 1.807) is 26.0 Å². The molecule has 1 unspecified atom stereocenters. The summed E-state index contributed by atoms with van der Waals surface area (Å²) in [4.78, 5) is 36.1. The van der Waals surface area contributed by atoms with Crippen molar-refractivity contribution in [3.05, 3.63) is 29.3 Å². The molecule has 0 saturated carbocycles. The Morgan fingerprint density at radius 1 is 1.08 bits per heavy atom. The number of hydrogen-bond acceptors (Lipinski definition) is 6. The summed E-state index contributed by atoms with van der Waals surface area (Å²) in [6.45, 7) is 8.54. The van der Waals surface area contributed by atoms with Crippen molar-refractivity contribution in [2.24, 2.45) is 0 Å². The van der Waals surface area contributed by atoms with Crippen LogP contribution in [0.25, 0.3) is 0 Å². The lowest BCUT2D eigenvalue weighted by atomic mass is 10.1. The summed E-state index contributed by atoms with van der Waals surface area (Å²) in [6.07, 6.45) is 0.147. The first-order valence-corrected chi connectivity index (χ1v) is 8.90. The highest BCUT2D eigenvalue weighted by atomic mass is 16.5. The number of carbonyl (C=O) groups excluding carboxylic acids is 3. The first kappa shape index (κ1) is 21.5. The van der Waals surface area contributed by atoms with E-state index in [1.807, 2.05) is 19.9 Å². The second kappa shape index (κ2) is 11.1. The minimum atomic E-state index is -0.902. The molecule has 0 aromatic heterocycles. The largest absolute Gasteiger partial charge is 0.466 e. The third-order valence-corrected chi connectivity index (χ3v) is 3.67. The molecule has 0 aliphatic heterocycles. The molecule has 0 aliphatic rings. The lowest BCUT2D eigenvalue weighted by Crippen LogP contribution is -2.42. The van der Waals surface area contributed by atoms with Crippen molar-refractivity contribution in [2.45, 2.75) is 46.6 Å². The van der Waals surface area contributed by atoms with Crippen LogP contribution in [0.3, 0.4) is 0 Å². The Labute approximate surface area is 154 Å². The van der Waals surface area contributed by atoms with Crippen LogP contribution in [0.15, 0.2) is 18.2 Å². The summed E-state index contributed by atoms with van der Waals surface area (Å²) < 4.78 is 9.85. The Kier molecular flexibility index (Phi) is 9.19. The highest BCUT2D eigenvalue weighted by Gasteiger charge is 2.24. The van der Waals surface area contributed by atoms with Crippen molar-refractivity contribution in [2.75, 3.05) is 25.1 Å². The first-order chi connectivity index (χ1) is 12.4. The van der Waals surface area contributed by atoms with Crippen LogP contribution in [0.1, 0.15) is 49.5 Å². The number of nitrogens with one attached hydrogen (secondary N) is 2. The standard InChI is InChI=1S/C19H28N2O5/c1-5-20-15-9-8-14(12-13(15)4)18(23)21-16(19(24)26-7-3)10-11-17(22)25-6-2/h8-9,12,16,20H,5-7,10-11H2,1-4H3,(H,21,23). The van der Waals surface area contributed by atoms with Crippen LogP contribution in [0.2, 0.25) is 0 Å². The molecule has 1 amide bonds. The van der Waals surface area contributed by atoms with Gasteiger partial charge in [-0.2, -0.15) is 0 Å². The molecule has 1 rings (SSSR count). The van der Waals surface area contributed by atoms with Crippen LogP contribution in [-0.2, 0) is 19.1 Å². The van der Waals surface area contributed by atoms with Gasteiger partial charge in [0, 0.05) is 24.2 Å². The van der Waals surface area contributed by atoms with Gasteiger partial charge in [-0.1, -0.05) is 0 Å². The van der Waals surface area contributed by atoms with Crippen molar-refractivity contribution >= 4 is 23.5 Å². The molecule has 0 fully saturated rings. The van der Waals surface area contributed by atoms with Gasteiger partial charge in [0.05, 0.1) is 13.2 Å². The van der Waals surface area contributed by atoms with Crippen LogP contribution in [0.4, 0.5) is 5.69 Å². The SMILES string of the molecule is CCNc1ccc(C(=O)NC(CCC(=O)OCC)C(=O)OCC)cc1C. The van der Waals surface area contributed by atoms with Gasteiger partial charge in [0.25, 0.3) is 5.91 Å². The molecule has 0 saturated heterocycles. The molecule has 2 N–H and O–H groups in total. The molecule has 26 heavy (non-hydrogen) atoms. The Morgan fingerprint density at radius 2 is 1.77 bits per heavy atom. The molecule has 7 nitrogen and oxygen atoms in total. The van der Waals surface area contributed by atoms with E-state index in [0.29, 0.717) is 5.56 Å². The average molecular weight is 364 g/mol. The van der Waals surface area contributed by atoms with Crippen molar-refractivity contribution < 1.29 is 23.9 Å². The molecule has 0 heterocycles. The Morgan fingerprint density at radius 3 is 2.35 bits per heavy atom. The normalized spacial score (nSPS) is 11.4. The van der Waals surface area contributed by atoms with Crippen molar-refractivity contribution in [3.8, 4) is 0 Å². The minimum absolute atomic E-state index is 0.0238. The lowest BCUT2D eigenvalue weighted by Gasteiger charge is -2.17. The minimum Gasteiger partial charge on any atom is -0.466 e. The van der Waals surface area contributed by atoms with Gasteiger partial charge in [0.15, 0.2) is 0 Å². The zero-order valence-corrected chi connectivity index (χ0v) is 15.9. The van der Waals surface area contributed by atoms with Crippen molar-refractivity contribution in [1.82, 2.24) is 5.32 Å². The van der Waals surface area contributed by atoms with Crippen molar-refractivity contribution in [3.63, 3.8) is 0 Å². The monoisotopic (exact) mass is 364 g/mol. The van der Waals surface area contributed by atoms with E-state index in [1.165, 1.54) is 0 Å². The third-order valence-electron chi connectivity index (χ3n) is 3.67. The van der Waals surface area contributed by atoms with E-state index >= 15 is 0 Å². The fourth-order valence-electron chi connectivity index (χ4n) is 2.42. The fourth-order valence-corrected chi connectivity index (χ4v) is 2.42. The van der Waals surface area contributed by atoms with E-state index in [0.717, 1.165) is 17.8 Å². The zero-order chi connectivity index (χ0) is 19.5. The molecule has 1 atom stereocenters. The van der Waals surface area contributed by atoms with Gasteiger partial charge in [0.1, 0.15) is 6.04 Å². The number of benzene rings is 1. The second-order valence-electron chi connectivity index (χ2n) is 5.68. The van der Waals surface area contributed by atoms with Gasteiger partial charge in [-0.15, -0.1) is 0 Å². The van der Waals surface area contributed by atoms with Gasteiger partial charge in [-0.05, 0) is 57.9 Å². The number of amides is 1. The summed E-state index contributed by atoms with van der Waals surface area (Å²) in [5.41, 5.74) is 2.32. The lowest BCUT2D eigenvalue weighted by molar-refractivity contribution is -0.146. The maximum absolute atomic E-state index is 12.5. The van der Waals surface area contributed by atoms with E-state index in [-0.39, 0.29) is 26.1 Å². The van der Waals surface area contributed by atoms with Gasteiger partial charge in [-0.3, -0.25) is 9.59 Å². The fraction of sp³-hybridized carbons (Fsp3) is 0.526. The molecule has 0 bridgehead atoms. The van der Waals surface area contributed by atoms with Gasteiger partial charge < -0.3 is 20.1 Å². The third kappa shape index (κ3) is 6.74. The first-order valence-electron chi connectivity index (χ1n) is 8.90. The van der Waals surface area contributed by atoms with Crippen LogP contribution < -0.4 is 10.6 Å². The maximum atomic E-state index is 12.5. The van der Waals surface area contributed by atoms with Gasteiger partial charge in [0.2, 0.25) is 0 Å². The Hall–Kier alpha value is -2.57. The van der Waals surface area contributed by atoms with Gasteiger partial charge in [-0.25, -0.2) is 4.79 Å². The van der Waals surface area contributed by atoms with Crippen LogP contribution in [0, 0.1) is 6.92 Å². The van der Waals surface area contributed by atoms with Crippen LogP contribution in [0.5, 0.6) is 0 Å². The number of anilines is 1. The van der Waals surface area contributed by atoms with E-state index < -0.39 is 23.9 Å².